The van der Waals surface area contributed by atoms with Gasteiger partial charge in [-0.25, -0.2) is 4.68 Å². The summed E-state index contributed by atoms with van der Waals surface area (Å²) >= 11 is 0. The van der Waals surface area contributed by atoms with Gasteiger partial charge in [0, 0.05) is 30.8 Å². The maximum atomic E-state index is 12.3. The molecule has 1 saturated heterocycles. The Morgan fingerprint density at radius 1 is 1.27 bits per heavy atom. The summed E-state index contributed by atoms with van der Waals surface area (Å²) in [5.41, 5.74) is 14.1. The SMILES string of the molecule is C=CC(=O)N1CCC(n2nc(-c3ccc(OCC(F)(F)F)cc3)c(CN)c2N)CC1. The second-order valence-corrected chi connectivity index (χ2v) is 7.05. The maximum Gasteiger partial charge on any atom is 0.422 e. The van der Waals surface area contributed by atoms with Crippen LogP contribution in [0.25, 0.3) is 11.3 Å². The molecule has 3 rings (SSSR count). The van der Waals surface area contributed by atoms with Gasteiger partial charge in [0.05, 0.1) is 11.7 Å². The van der Waals surface area contributed by atoms with Crippen LogP contribution in [0.5, 0.6) is 5.75 Å². The lowest BCUT2D eigenvalue weighted by molar-refractivity contribution is -0.153. The van der Waals surface area contributed by atoms with Crippen LogP contribution in [0.2, 0.25) is 0 Å². The molecule has 10 heteroatoms. The Morgan fingerprint density at radius 2 is 1.90 bits per heavy atom. The fraction of sp³-hybridized carbons (Fsp3) is 0.400. The lowest BCUT2D eigenvalue weighted by Gasteiger charge is -2.31. The highest BCUT2D eigenvalue weighted by Crippen LogP contribution is 2.33. The lowest BCUT2D eigenvalue weighted by atomic mass is 10.0. The summed E-state index contributed by atoms with van der Waals surface area (Å²) in [6, 6.07) is 6.18. The molecule has 30 heavy (non-hydrogen) atoms. The van der Waals surface area contributed by atoms with E-state index in [-0.39, 0.29) is 24.2 Å². The fourth-order valence-corrected chi connectivity index (χ4v) is 3.53. The van der Waals surface area contributed by atoms with Crippen molar-refractivity contribution in [2.75, 3.05) is 25.4 Å². The zero-order valence-corrected chi connectivity index (χ0v) is 16.4. The summed E-state index contributed by atoms with van der Waals surface area (Å²) in [4.78, 5) is 13.5. The minimum absolute atomic E-state index is 0.0207. The van der Waals surface area contributed by atoms with Gasteiger partial charge in [-0.15, -0.1) is 0 Å². The quantitative estimate of drug-likeness (QED) is 0.696. The topological polar surface area (TPSA) is 99.4 Å². The molecule has 2 heterocycles. The minimum Gasteiger partial charge on any atom is -0.484 e. The number of likely N-dealkylation sites (tertiary alicyclic amines) is 1. The number of halogens is 3. The number of alkyl halides is 3. The molecule has 0 spiro atoms. The molecule has 0 unspecified atom stereocenters. The number of nitrogen functional groups attached to an aromatic ring is 1. The van der Waals surface area contributed by atoms with Gasteiger partial charge >= 0.3 is 6.18 Å². The van der Waals surface area contributed by atoms with Crippen molar-refractivity contribution in [2.45, 2.75) is 31.6 Å². The molecular weight excluding hydrogens is 399 g/mol. The fourth-order valence-electron chi connectivity index (χ4n) is 3.53. The second kappa shape index (κ2) is 8.78. The number of carbonyl (C=O) groups is 1. The van der Waals surface area contributed by atoms with Gasteiger partial charge in [0.25, 0.3) is 0 Å². The molecule has 0 bridgehead atoms. The second-order valence-electron chi connectivity index (χ2n) is 7.05. The van der Waals surface area contributed by atoms with Gasteiger partial charge in [-0.2, -0.15) is 18.3 Å². The van der Waals surface area contributed by atoms with E-state index >= 15 is 0 Å². The van der Waals surface area contributed by atoms with E-state index in [0.29, 0.717) is 48.6 Å². The van der Waals surface area contributed by atoms with E-state index in [9.17, 15) is 18.0 Å². The van der Waals surface area contributed by atoms with Crippen molar-refractivity contribution < 1.29 is 22.7 Å². The largest absolute Gasteiger partial charge is 0.484 e. The number of benzene rings is 1. The number of carbonyl (C=O) groups excluding carboxylic acids is 1. The van der Waals surface area contributed by atoms with E-state index in [1.54, 1.807) is 21.7 Å². The normalized spacial score (nSPS) is 15.3. The minimum atomic E-state index is -4.40. The summed E-state index contributed by atoms with van der Waals surface area (Å²) in [5.74, 6) is 0.466. The Labute approximate surface area is 172 Å². The molecule has 0 saturated carbocycles. The molecule has 1 aromatic carbocycles. The number of amides is 1. The predicted octanol–water partition coefficient (Wildman–Crippen LogP) is 2.88. The van der Waals surface area contributed by atoms with E-state index in [2.05, 4.69) is 11.7 Å². The van der Waals surface area contributed by atoms with Crippen LogP contribution in [0, 0.1) is 0 Å². The first-order valence-electron chi connectivity index (χ1n) is 9.51. The number of rotatable bonds is 6. The van der Waals surface area contributed by atoms with E-state index in [1.165, 1.54) is 18.2 Å². The average molecular weight is 423 g/mol. The molecule has 1 aromatic heterocycles. The standard InChI is InChI=1S/C20H24F3N5O2/c1-2-17(29)27-9-7-14(8-10-27)28-19(25)16(11-24)18(26-28)13-3-5-15(6-4-13)30-12-20(21,22)23/h2-6,14H,1,7-12,24-25H2. The van der Waals surface area contributed by atoms with Crippen molar-refractivity contribution in [3.05, 3.63) is 42.5 Å². The average Bonchev–Trinajstić information content (AvgIpc) is 3.07. The molecule has 1 fully saturated rings. The van der Waals surface area contributed by atoms with Crippen molar-refractivity contribution in [3.8, 4) is 17.0 Å². The third kappa shape index (κ3) is 4.76. The third-order valence-electron chi connectivity index (χ3n) is 5.08. The van der Waals surface area contributed by atoms with Crippen LogP contribution in [-0.4, -0.2) is 46.5 Å². The molecule has 1 aliphatic heterocycles. The molecule has 1 amide bonds. The lowest BCUT2D eigenvalue weighted by Crippen LogP contribution is -2.38. The number of anilines is 1. The number of piperidine rings is 1. The van der Waals surface area contributed by atoms with Crippen LogP contribution in [0.4, 0.5) is 19.0 Å². The number of hydrogen-bond donors (Lipinski definition) is 2. The van der Waals surface area contributed by atoms with Gasteiger partial charge in [-0.1, -0.05) is 6.58 Å². The van der Waals surface area contributed by atoms with Crippen molar-refractivity contribution in [1.82, 2.24) is 14.7 Å². The Morgan fingerprint density at radius 3 is 2.43 bits per heavy atom. The van der Waals surface area contributed by atoms with Crippen LogP contribution in [0.3, 0.4) is 0 Å². The first kappa shape index (κ1) is 21.7. The van der Waals surface area contributed by atoms with E-state index in [1.807, 2.05) is 0 Å². The highest BCUT2D eigenvalue weighted by molar-refractivity contribution is 5.87. The molecule has 0 atom stereocenters. The zero-order valence-electron chi connectivity index (χ0n) is 16.4. The molecule has 0 radical (unpaired) electrons. The van der Waals surface area contributed by atoms with Crippen molar-refractivity contribution >= 4 is 11.7 Å². The van der Waals surface area contributed by atoms with Crippen molar-refractivity contribution in [2.24, 2.45) is 5.73 Å². The third-order valence-corrected chi connectivity index (χ3v) is 5.08. The maximum absolute atomic E-state index is 12.3. The van der Waals surface area contributed by atoms with Crippen molar-refractivity contribution in [1.29, 1.82) is 0 Å². The summed E-state index contributed by atoms with van der Waals surface area (Å²) in [5, 5.41) is 4.65. The first-order valence-corrected chi connectivity index (χ1v) is 9.51. The number of nitrogens with zero attached hydrogens (tertiary/aromatic N) is 3. The molecule has 4 N–H and O–H groups in total. The molecule has 2 aromatic rings. The highest BCUT2D eigenvalue weighted by Gasteiger charge is 2.29. The summed E-state index contributed by atoms with van der Waals surface area (Å²) in [7, 11) is 0. The summed E-state index contributed by atoms with van der Waals surface area (Å²) in [6.45, 7) is 3.48. The Balaban J connectivity index is 1.78. The Hall–Kier alpha value is -3.01. The van der Waals surface area contributed by atoms with Crippen LogP contribution in [0.1, 0.15) is 24.4 Å². The van der Waals surface area contributed by atoms with Gasteiger partial charge < -0.3 is 21.1 Å². The molecule has 162 valence electrons. The number of nitrogens with two attached hydrogens (primary N) is 2. The van der Waals surface area contributed by atoms with Crippen molar-refractivity contribution in [3.63, 3.8) is 0 Å². The van der Waals surface area contributed by atoms with Gasteiger partial charge in [-0.05, 0) is 43.2 Å². The predicted molar refractivity (Wildman–Crippen MR) is 107 cm³/mol. The number of aromatic nitrogens is 2. The smallest absolute Gasteiger partial charge is 0.422 e. The van der Waals surface area contributed by atoms with E-state index < -0.39 is 12.8 Å². The Kier molecular flexibility index (Phi) is 6.35. The number of ether oxygens (including phenoxy) is 1. The van der Waals surface area contributed by atoms with Gasteiger partial charge in [-0.3, -0.25) is 4.79 Å². The molecular formula is C20H24F3N5O2. The van der Waals surface area contributed by atoms with Gasteiger partial charge in [0.1, 0.15) is 11.6 Å². The van der Waals surface area contributed by atoms with E-state index in [0.717, 1.165) is 0 Å². The van der Waals surface area contributed by atoms with Crippen LogP contribution >= 0.6 is 0 Å². The molecule has 1 aliphatic rings. The first-order chi connectivity index (χ1) is 14.2. The van der Waals surface area contributed by atoms with Gasteiger partial charge in [0.2, 0.25) is 5.91 Å². The number of hydrogen-bond acceptors (Lipinski definition) is 5. The van der Waals surface area contributed by atoms with Crippen LogP contribution in [-0.2, 0) is 11.3 Å². The van der Waals surface area contributed by atoms with E-state index in [4.69, 9.17) is 16.2 Å². The summed E-state index contributed by atoms with van der Waals surface area (Å²) in [6.07, 6.45) is -1.71. The highest BCUT2D eigenvalue weighted by atomic mass is 19.4. The van der Waals surface area contributed by atoms with Crippen LogP contribution in [0.15, 0.2) is 36.9 Å². The Bertz CT molecular complexity index is 900. The van der Waals surface area contributed by atoms with Gasteiger partial charge in [0.15, 0.2) is 6.61 Å². The zero-order chi connectivity index (χ0) is 21.9. The molecule has 0 aliphatic carbocycles. The monoisotopic (exact) mass is 423 g/mol. The van der Waals surface area contributed by atoms with Crippen LogP contribution < -0.4 is 16.2 Å². The molecule has 7 nitrogen and oxygen atoms in total. The summed E-state index contributed by atoms with van der Waals surface area (Å²) < 4.78 is 43.4.